The standard InChI is InChI=1S/C22H25NO4/c24-18(15-27-19-9-8-16-6-2-3-7-17(16)12-19)14-23-20(25)13-22(21(23)26)10-4-1-5-11-22/h2-3,6-9,12,18,24H,1,4-5,10-11,13-15H2. The Morgan fingerprint density at radius 2 is 1.78 bits per heavy atom. The number of aliphatic hydroxyl groups excluding tert-OH is 1. The molecule has 0 bridgehead atoms. The highest BCUT2D eigenvalue weighted by molar-refractivity contribution is 6.06. The van der Waals surface area contributed by atoms with E-state index in [1.54, 1.807) is 0 Å². The Labute approximate surface area is 158 Å². The molecule has 142 valence electrons. The number of hydrogen-bond donors (Lipinski definition) is 1. The van der Waals surface area contributed by atoms with Crippen LogP contribution < -0.4 is 4.74 Å². The monoisotopic (exact) mass is 367 g/mol. The number of aliphatic hydroxyl groups is 1. The molecule has 1 heterocycles. The van der Waals surface area contributed by atoms with Crippen molar-refractivity contribution in [2.24, 2.45) is 5.41 Å². The van der Waals surface area contributed by atoms with Gasteiger partial charge in [-0.1, -0.05) is 49.6 Å². The van der Waals surface area contributed by atoms with Crippen LogP contribution in [0.3, 0.4) is 0 Å². The fourth-order valence-electron chi connectivity index (χ4n) is 4.38. The Kier molecular flexibility index (Phi) is 4.87. The number of imide groups is 1. The molecular weight excluding hydrogens is 342 g/mol. The van der Waals surface area contributed by atoms with Gasteiger partial charge in [0.25, 0.3) is 0 Å². The zero-order valence-corrected chi connectivity index (χ0v) is 15.4. The summed E-state index contributed by atoms with van der Waals surface area (Å²) in [5.74, 6) is 0.402. The lowest BCUT2D eigenvalue weighted by Crippen LogP contribution is -2.42. The number of β-amino-alcohol motifs (C(OH)–C–C–N with tert-alkyl or cyclic N) is 1. The van der Waals surface area contributed by atoms with E-state index < -0.39 is 11.5 Å². The highest BCUT2D eigenvalue weighted by atomic mass is 16.5. The lowest BCUT2D eigenvalue weighted by atomic mass is 9.73. The van der Waals surface area contributed by atoms with Crippen LogP contribution >= 0.6 is 0 Å². The average molecular weight is 367 g/mol. The van der Waals surface area contributed by atoms with Crippen molar-refractivity contribution in [2.75, 3.05) is 13.2 Å². The average Bonchev–Trinajstić information content (AvgIpc) is 2.90. The molecule has 1 saturated heterocycles. The van der Waals surface area contributed by atoms with Crippen molar-refractivity contribution in [2.45, 2.75) is 44.6 Å². The number of nitrogens with zero attached hydrogens (tertiary/aromatic N) is 1. The Hall–Kier alpha value is -2.40. The van der Waals surface area contributed by atoms with Gasteiger partial charge in [-0.3, -0.25) is 14.5 Å². The molecule has 1 saturated carbocycles. The minimum absolute atomic E-state index is 0.00694. The van der Waals surface area contributed by atoms with Crippen LogP contribution in [0.25, 0.3) is 10.8 Å². The number of amides is 2. The number of likely N-dealkylation sites (tertiary alicyclic amines) is 1. The van der Waals surface area contributed by atoms with E-state index in [0.29, 0.717) is 12.2 Å². The Morgan fingerprint density at radius 1 is 1.04 bits per heavy atom. The van der Waals surface area contributed by atoms with E-state index in [0.717, 1.165) is 42.9 Å². The van der Waals surface area contributed by atoms with Crippen LogP contribution in [0.1, 0.15) is 38.5 Å². The maximum atomic E-state index is 12.8. The Bertz CT molecular complexity index is 856. The summed E-state index contributed by atoms with van der Waals surface area (Å²) in [6.45, 7) is 0.0510. The zero-order valence-electron chi connectivity index (χ0n) is 15.4. The van der Waals surface area contributed by atoms with Crippen LogP contribution in [-0.2, 0) is 9.59 Å². The van der Waals surface area contributed by atoms with Gasteiger partial charge in [-0.25, -0.2) is 0 Å². The van der Waals surface area contributed by atoms with Gasteiger partial charge in [0.1, 0.15) is 18.5 Å². The molecule has 2 aliphatic rings. The molecule has 2 fully saturated rings. The fourth-order valence-corrected chi connectivity index (χ4v) is 4.38. The second-order valence-corrected chi connectivity index (χ2v) is 7.80. The summed E-state index contributed by atoms with van der Waals surface area (Å²) in [7, 11) is 0. The highest BCUT2D eigenvalue weighted by Crippen LogP contribution is 2.45. The predicted octanol–water partition coefficient (Wildman–Crippen LogP) is 3.29. The summed E-state index contributed by atoms with van der Waals surface area (Å²) >= 11 is 0. The van der Waals surface area contributed by atoms with E-state index in [9.17, 15) is 14.7 Å². The maximum absolute atomic E-state index is 12.8. The lowest BCUT2D eigenvalue weighted by Gasteiger charge is -2.30. The van der Waals surface area contributed by atoms with Crippen LogP contribution in [-0.4, -0.2) is 41.1 Å². The molecule has 2 amide bonds. The molecule has 2 aromatic rings. The smallest absolute Gasteiger partial charge is 0.235 e. The Balaban J connectivity index is 1.36. The second-order valence-electron chi connectivity index (χ2n) is 7.80. The van der Waals surface area contributed by atoms with Crippen LogP contribution in [0.4, 0.5) is 0 Å². The summed E-state index contributed by atoms with van der Waals surface area (Å²) in [5.41, 5.74) is -0.506. The van der Waals surface area contributed by atoms with Crippen LogP contribution in [0.15, 0.2) is 42.5 Å². The molecule has 5 heteroatoms. The van der Waals surface area contributed by atoms with E-state index in [4.69, 9.17) is 4.74 Å². The molecule has 1 aliphatic carbocycles. The van der Waals surface area contributed by atoms with Crippen molar-refractivity contribution in [1.29, 1.82) is 0 Å². The van der Waals surface area contributed by atoms with Crippen molar-refractivity contribution in [1.82, 2.24) is 4.90 Å². The third-order valence-electron chi connectivity index (χ3n) is 5.86. The number of carbonyl (C=O) groups excluding carboxylic acids is 2. The minimum atomic E-state index is -0.900. The van der Waals surface area contributed by atoms with Gasteiger partial charge in [0.2, 0.25) is 11.8 Å². The third kappa shape index (κ3) is 3.56. The molecule has 0 radical (unpaired) electrons. The van der Waals surface area contributed by atoms with E-state index in [2.05, 4.69) is 0 Å². The zero-order chi connectivity index (χ0) is 18.9. The van der Waals surface area contributed by atoms with Crippen LogP contribution in [0.2, 0.25) is 0 Å². The SMILES string of the molecule is O=C1CC2(CCCCC2)C(=O)N1CC(O)COc1ccc2ccccc2c1. The normalized spacial score (nSPS) is 20.4. The van der Waals surface area contributed by atoms with Gasteiger partial charge in [0.05, 0.1) is 12.0 Å². The predicted molar refractivity (Wildman–Crippen MR) is 102 cm³/mol. The first-order chi connectivity index (χ1) is 13.1. The summed E-state index contributed by atoms with van der Waals surface area (Å²) < 4.78 is 5.69. The maximum Gasteiger partial charge on any atom is 0.235 e. The fraction of sp³-hybridized carbons (Fsp3) is 0.455. The van der Waals surface area contributed by atoms with Crippen molar-refractivity contribution in [3.63, 3.8) is 0 Å². The number of rotatable bonds is 5. The first-order valence-electron chi connectivity index (χ1n) is 9.72. The van der Waals surface area contributed by atoms with E-state index in [-0.39, 0.29) is 25.0 Å². The second kappa shape index (κ2) is 7.31. The van der Waals surface area contributed by atoms with Crippen LogP contribution in [0.5, 0.6) is 5.75 Å². The van der Waals surface area contributed by atoms with Gasteiger partial charge in [-0.2, -0.15) is 0 Å². The molecule has 2 aromatic carbocycles. The third-order valence-corrected chi connectivity index (χ3v) is 5.86. The number of ether oxygens (including phenoxy) is 1. The van der Waals surface area contributed by atoms with Crippen molar-refractivity contribution < 1.29 is 19.4 Å². The minimum Gasteiger partial charge on any atom is -0.491 e. The molecule has 5 nitrogen and oxygen atoms in total. The van der Waals surface area contributed by atoms with Crippen molar-refractivity contribution in [3.05, 3.63) is 42.5 Å². The summed E-state index contributed by atoms with van der Waals surface area (Å²) in [6.07, 6.45) is 4.11. The van der Waals surface area contributed by atoms with Gasteiger partial charge in [-0.15, -0.1) is 0 Å². The lowest BCUT2D eigenvalue weighted by molar-refractivity contribution is -0.144. The molecule has 1 N–H and O–H groups in total. The first-order valence-corrected chi connectivity index (χ1v) is 9.72. The molecule has 27 heavy (non-hydrogen) atoms. The van der Waals surface area contributed by atoms with Gasteiger partial charge in [0.15, 0.2) is 0 Å². The highest BCUT2D eigenvalue weighted by Gasteiger charge is 2.51. The number of carbonyl (C=O) groups is 2. The van der Waals surface area contributed by atoms with Gasteiger partial charge < -0.3 is 9.84 Å². The van der Waals surface area contributed by atoms with Gasteiger partial charge in [0, 0.05) is 6.42 Å². The summed E-state index contributed by atoms with van der Waals surface area (Å²) in [6, 6.07) is 13.7. The van der Waals surface area contributed by atoms with Crippen molar-refractivity contribution in [3.8, 4) is 5.75 Å². The molecule has 1 spiro atoms. The van der Waals surface area contributed by atoms with E-state index >= 15 is 0 Å². The molecule has 1 unspecified atom stereocenters. The summed E-state index contributed by atoms with van der Waals surface area (Å²) in [5, 5.41) is 12.5. The molecule has 1 aliphatic heterocycles. The summed E-state index contributed by atoms with van der Waals surface area (Å²) in [4.78, 5) is 26.4. The van der Waals surface area contributed by atoms with E-state index in [1.165, 1.54) is 4.90 Å². The van der Waals surface area contributed by atoms with E-state index in [1.807, 2.05) is 42.5 Å². The molecule has 1 atom stereocenters. The Morgan fingerprint density at radius 3 is 2.56 bits per heavy atom. The van der Waals surface area contributed by atoms with Crippen molar-refractivity contribution >= 4 is 22.6 Å². The number of fused-ring (bicyclic) bond motifs is 1. The van der Waals surface area contributed by atoms with Gasteiger partial charge >= 0.3 is 0 Å². The molecule has 4 rings (SSSR count). The number of benzene rings is 2. The van der Waals surface area contributed by atoms with Gasteiger partial charge in [-0.05, 0) is 35.7 Å². The molecule has 0 aromatic heterocycles. The van der Waals surface area contributed by atoms with Crippen LogP contribution in [0, 0.1) is 5.41 Å². The molecular formula is C22H25NO4. The first kappa shape index (κ1) is 18.0. The topological polar surface area (TPSA) is 66.8 Å². The largest absolute Gasteiger partial charge is 0.491 e. The quantitative estimate of drug-likeness (QED) is 0.824. The number of hydrogen-bond acceptors (Lipinski definition) is 4.